The molecule has 0 fully saturated rings. The molecule has 0 saturated heterocycles. The van der Waals surface area contributed by atoms with Crippen molar-refractivity contribution < 1.29 is 8.83 Å². The summed E-state index contributed by atoms with van der Waals surface area (Å²) >= 11 is 1.85. The number of rotatable bonds is 5. The van der Waals surface area contributed by atoms with E-state index in [9.17, 15) is 0 Å². The fourth-order valence-electron chi connectivity index (χ4n) is 8.18. The molecule has 0 N–H and O–H groups in total. The summed E-state index contributed by atoms with van der Waals surface area (Å²) in [6.45, 7) is 0. The Balaban J connectivity index is 1.17. The minimum atomic E-state index is 0.343. The van der Waals surface area contributed by atoms with Gasteiger partial charge in [0.1, 0.15) is 22.3 Å². The second-order valence-electron chi connectivity index (χ2n) is 13.6. The largest absolute Gasteiger partial charge is 0.456 e. The van der Waals surface area contributed by atoms with Crippen LogP contribution in [0.4, 0.5) is 17.1 Å². The zero-order valence-corrected chi connectivity index (χ0v) is 28.9. The van der Waals surface area contributed by atoms with Crippen molar-refractivity contribution in [2.45, 2.75) is 12.3 Å². The number of hydrogen-bond acceptors (Lipinski definition) is 4. The van der Waals surface area contributed by atoms with Crippen LogP contribution in [0.1, 0.15) is 17.9 Å². The molecule has 10 aromatic rings. The summed E-state index contributed by atoms with van der Waals surface area (Å²) in [6.07, 6.45) is 9.86. The number of benzene rings is 7. The van der Waals surface area contributed by atoms with Crippen molar-refractivity contribution in [3.8, 4) is 11.1 Å². The van der Waals surface area contributed by atoms with Crippen LogP contribution in [0.15, 0.2) is 179 Å². The lowest BCUT2D eigenvalue weighted by molar-refractivity contribution is 0.664. The smallest absolute Gasteiger partial charge is 0.144 e. The first kappa shape index (κ1) is 29.4. The topological polar surface area (TPSA) is 29.5 Å². The zero-order chi connectivity index (χ0) is 34.2. The molecule has 0 spiro atoms. The van der Waals surface area contributed by atoms with Crippen LogP contribution in [0.25, 0.3) is 75.2 Å². The van der Waals surface area contributed by atoms with Crippen LogP contribution < -0.4 is 4.90 Å². The van der Waals surface area contributed by atoms with E-state index in [4.69, 9.17) is 8.83 Å². The average molecular weight is 686 g/mol. The van der Waals surface area contributed by atoms with Gasteiger partial charge in [-0.2, -0.15) is 0 Å². The van der Waals surface area contributed by atoms with E-state index in [1.165, 1.54) is 25.7 Å². The lowest BCUT2D eigenvalue weighted by Gasteiger charge is -2.27. The first-order valence-corrected chi connectivity index (χ1v) is 18.6. The monoisotopic (exact) mass is 685 g/mol. The van der Waals surface area contributed by atoms with Gasteiger partial charge in [-0.15, -0.1) is 11.3 Å². The van der Waals surface area contributed by atoms with E-state index < -0.39 is 0 Å². The first-order chi connectivity index (χ1) is 25.8. The molecule has 3 heterocycles. The molecule has 0 bridgehead atoms. The molecular weight excluding hydrogens is 655 g/mol. The minimum absolute atomic E-state index is 0.343. The summed E-state index contributed by atoms with van der Waals surface area (Å²) in [7, 11) is 0. The van der Waals surface area contributed by atoms with Crippen LogP contribution in [0.5, 0.6) is 0 Å². The maximum absolute atomic E-state index is 7.00. The van der Waals surface area contributed by atoms with Gasteiger partial charge in [0, 0.05) is 65.9 Å². The Morgan fingerprint density at radius 1 is 0.558 bits per heavy atom. The molecule has 0 amide bonds. The highest BCUT2D eigenvalue weighted by atomic mass is 32.1. The van der Waals surface area contributed by atoms with Crippen molar-refractivity contribution >= 4 is 92.4 Å². The molecule has 7 aromatic carbocycles. The number of fused-ring (bicyclic) bond motifs is 9. The van der Waals surface area contributed by atoms with Crippen LogP contribution in [0, 0.1) is 0 Å². The molecule has 11 rings (SSSR count). The second-order valence-corrected chi connectivity index (χ2v) is 14.6. The van der Waals surface area contributed by atoms with Gasteiger partial charge in [-0.25, -0.2) is 0 Å². The number of para-hydroxylation sites is 1. The van der Waals surface area contributed by atoms with Crippen molar-refractivity contribution in [2.75, 3.05) is 4.90 Å². The van der Waals surface area contributed by atoms with Crippen molar-refractivity contribution in [3.05, 3.63) is 175 Å². The number of nitrogens with zero attached hydrogens (tertiary/aromatic N) is 1. The Morgan fingerprint density at radius 3 is 2.27 bits per heavy atom. The molecular formula is C48H31NO2S. The standard InChI is InChI=1S/C48H31NO2S/c1-3-13-30(14-4-1)32-17-11-18-33(27-32)49(40-22-12-21-37-36-19-8-10-24-44(36)52-48(37)40)34-25-26-35-39-29-43-46(38-20-7-9-23-41(38)50-43)45(31-15-5-2-6-16-31)47(39)51-42(35)28-34/h1-13,15-30H,14H2. The molecule has 52 heavy (non-hydrogen) atoms. The average Bonchev–Trinajstić information content (AvgIpc) is 3.89. The third-order valence-electron chi connectivity index (χ3n) is 10.6. The van der Waals surface area contributed by atoms with Gasteiger partial charge in [0.2, 0.25) is 0 Å². The van der Waals surface area contributed by atoms with Crippen molar-refractivity contribution in [1.82, 2.24) is 0 Å². The molecule has 0 aliphatic heterocycles. The van der Waals surface area contributed by atoms with Gasteiger partial charge in [-0.3, -0.25) is 0 Å². The second kappa shape index (κ2) is 11.6. The van der Waals surface area contributed by atoms with Gasteiger partial charge < -0.3 is 13.7 Å². The molecule has 3 aromatic heterocycles. The first-order valence-electron chi connectivity index (χ1n) is 17.8. The summed E-state index contributed by atoms with van der Waals surface area (Å²) in [6, 6.07) is 52.1. The summed E-state index contributed by atoms with van der Waals surface area (Å²) in [4.78, 5) is 2.41. The highest BCUT2D eigenvalue weighted by Crippen LogP contribution is 2.48. The van der Waals surface area contributed by atoms with E-state index in [1.807, 2.05) is 23.5 Å². The molecule has 0 saturated carbocycles. The third kappa shape index (κ3) is 4.51. The number of furan rings is 2. The fraction of sp³-hybridized carbons (Fsp3) is 0.0417. The van der Waals surface area contributed by atoms with E-state index in [-0.39, 0.29) is 0 Å². The Bertz CT molecular complexity index is 3070. The van der Waals surface area contributed by atoms with Gasteiger partial charge in [0.25, 0.3) is 0 Å². The quantitative estimate of drug-likeness (QED) is 0.181. The third-order valence-corrected chi connectivity index (χ3v) is 11.8. The molecule has 1 unspecified atom stereocenters. The zero-order valence-electron chi connectivity index (χ0n) is 28.1. The van der Waals surface area contributed by atoms with E-state index in [1.54, 1.807) is 0 Å². The van der Waals surface area contributed by atoms with Crippen LogP contribution in [-0.4, -0.2) is 0 Å². The predicted molar refractivity (Wildman–Crippen MR) is 220 cm³/mol. The molecule has 1 aliphatic rings. The highest BCUT2D eigenvalue weighted by Gasteiger charge is 2.24. The van der Waals surface area contributed by atoms with Gasteiger partial charge in [0.15, 0.2) is 0 Å². The van der Waals surface area contributed by atoms with E-state index in [2.05, 4.69) is 163 Å². The summed E-state index contributed by atoms with van der Waals surface area (Å²) in [5, 5.41) is 6.83. The van der Waals surface area contributed by atoms with Gasteiger partial charge in [-0.05, 0) is 66.1 Å². The lowest BCUT2D eigenvalue weighted by Crippen LogP contribution is -2.11. The molecule has 1 aliphatic carbocycles. The van der Waals surface area contributed by atoms with E-state index >= 15 is 0 Å². The Labute approximate surface area is 303 Å². The fourth-order valence-corrected chi connectivity index (χ4v) is 9.39. The summed E-state index contributed by atoms with van der Waals surface area (Å²) in [5.74, 6) is 0.343. The Kier molecular flexibility index (Phi) is 6.55. The van der Waals surface area contributed by atoms with Gasteiger partial charge in [-0.1, -0.05) is 115 Å². The van der Waals surface area contributed by atoms with Crippen LogP contribution in [0.2, 0.25) is 0 Å². The maximum atomic E-state index is 7.00. The number of anilines is 3. The number of thiophene rings is 1. The highest BCUT2D eigenvalue weighted by molar-refractivity contribution is 7.26. The Morgan fingerprint density at radius 2 is 1.37 bits per heavy atom. The van der Waals surface area contributed by atoms with E-state index in [0.717, 1.165) is 78.5 Å². The lowest BCUT2D eigenvalue weighted by atomic mass is 9.92. The van der Waals surface area contributed by atoms with Crippen LogP contribution in [0.3, 0.4) is 0 Å². The van der Waals surface area contributed by atoms with Gasteiger partial charge in [0.05, 0.1) is 10.4 Å². The molecule has 1 atom stereocenters. The van der Waals surface area contributed by atoms with Crippen molar-refractivity contribution in [1.29, 1.82) is 0 Å². The van der Waals surface area contributed by atoms with E-state index in [0.29, 0.717) is 5.92 Å². The molecule has 3 nitrogen and oxygen atoms in total. The molecule has 246 valence electrons. The summed E-state index contributed by atoms with van der Waals surface area (Å²) in [5.41, 5.74) is 10.2. The Hall–Kier alpha value is -6.36. The minimum Gasteiger partial charge on any atom is -0.456 e. The SMILES string of the molecule is C1=CCC(c2cccc(N(c3ccc4c(c3)oc3c(-c5ccccc5)c5c(cc34)oc3ccccc35)c3cccc4c3sc3ccccc34)c2)C=C1. The molecule has 4 heteroatoms. The predicted octanol–water partition coefficient (Wildman–Crippen LogP) is 14.6. The molecule has 0 radical (unpaired) electrons. The van der Waals surface area contributed by atoms with Crippen LogP contribution in [-0.2, 0) is 0 Å². The summed E-state index contributed by atoms with van der Waals surface area (Å²) < 4.78 is 16.0. The maximum Gasteiger partial charge on any atom is 0.144 e. The number of allylic oxidation sites excluding steroid dienone is 4. The van der Waals surface area contributed by atoms with Gasteiger partial charge >= 0.3 is 0 Å². The van der Waals surface area contributed by atoms with Crippen molar-refractivity contribution in [3.63, 3.8) is 0 Å². The number of hydrogen-bond donors (Lipinski definition) is 0. The normalized spacial score (nSPS) is 14.5. The van der Waals surface area contributed by atoms with Crippen molar-refractivity contribution in [2.24, 2.45) is 0 Å². The van der Waals surface area contributed by atoms with Crippen LogP contribution >= 0.6 is 11.3 Å².